The Balaban J connectivity index is 1.92. The molecule has 2 heterocycles. The monoisotopic (exact) mass is 281 g/mol. The maximum atomic E-state index is 6.14. The number of imidazole rings is 1. The first-order valence-corrected chi connectivity index (χ1v) is 6.83. The van der Waals surface area contributed by atoms with Crippen molar-refractivity contribution in [3.8, 4) is 0 Å². The molecule has 3 nitrogen and oxygen atoms in total. The first-order valence-electron chi connectivity index (χ1n) is 6.08. The second kappa shape index (κ2) is 4.90. The Labute approximate surface area is 116 Å². The van der Waals surface area contributed by atoms with Crippen LogP contribution < -0.4 is 0 Å². The predicted octanol–water partition coefficient (Wildman–Crippen LogP) is 3.51. The number of rotatable bonds is 2. The number of nitrogens with zero attached hydrogens (tertiary/aromatic N) is 3. The molecular formula is C13H13Cl2N3. The van der Waals surface area contributed by atoms with E-state index >= 15 is 0 Å². The zero-order valence-electron chi connectivity index (χ0n) is 9.87. The molecule has 0 saturated heterocycles. The van der Waals surface area contributed by atoms with E-state index in [1.807, 2.05) is 6.33 Å². The summed E-state index contributed by atoms with van der Waals surface area (Å²) in [7, 11) is 0. The van der Waals surface area contributed by atoms with Crippen molar-refractivity contribution in [1.82, 2.24) is 14.5 Å². The van der Waals surface area contributed by atoms with Gasteiger partial charge >= 0.3 is 0 Å². The highest BCUT2D eigenvalue weighted by molar-refractivity contribution is 6.32. The largest absolute Gasteiger partial charge is 0.328 e. The van der Waals surface area contributed by atoms with Gasteiger partial charge in [-0.2, -0.15) is 0 Å². The van der Waals surface area contributed by atoms with Gasteiger partial charge in [0.05, 0.1) is 29.3 Å². The second-order valence-electron chi connectivity index (χ2n) is 4.54. The molecule has 3 rings (SSSR count). The molecule has 0 aliphatic heterocycles. The van der Waals surface area contributed by atoms with Gasteiger partial charge in [-0.15, -0.1) is 0 Å². The Morgan fingerprint density at radius 2 is 2.00 bits per heavy atom. The lowest BCUT2D eigenvalue weighted by molar-refractivity contribution is 0.625. The third-order valence-corrected chi connectivity index (χ3v) is 3.87. The molecule has 0 spiro atoms. The highest BCUT2D eigenvalue weighted by Crippen LogP contribution is 2.23. The summed E-state index contributed by atoms with van der Waals surface area (Å²) in [5.74, 6) is 0. The van der Waals surface area contributed by atoms with Crippen molar-refractivity contribution < 1.29 is 0 Å². The van der Waals surface area contributed by atoms with Gasteiger partial charge in [0.25, 0.3) is 0 Å². The van der Waals surface area contributed by atoms with Gasteiger partial charge in [0.15, 0.2) is 0 Å². The maximum absolute atomic E-state index is 6.14. The van der Waals surface area contributed by atoms with E-state index in [1.165, 1.54) is 24.2 Å². The highest BCUT2D eigenvalue weighted by Gasteiger charge is 2.16. The van der Waals surface area contributed by atoms with Gasteiger partial charge in [0, 0.05) is 5.69 Å². The van der Waals surface area contributed by atoms with Crippen LogP contribution in [-0.2, 0) is 19.4 Å². The van der Waals surface area contributed by atoms with Gasteiger partial charge < -0.3 is 4.57 Å². The Hall–Kier alpha value is -1.06. The Morgan fingerprint density at radius 1 is 1.17 bits per heavy atom. The Bertz CT molecular complexity index is 578. The topological polar surface area (TPSA) is 30.7 Å². The smallest absolute Gasteiger partial charge is 0.129 e. The number of hydrogen-bond acceptors (Lipinski definition) is 2. The fraction of sp³-hybridized carbons (Fsp3) is 0.385. The van der Waals surface area contributed by atoms with Crippen molar-refractivity contribution in [3.63, 3.8) is 0 Å². The fourth-order valence-corrected chi connectivity index (χ4v) is 2.73. The number of aryl methyl sites for hydroxylation is 1. The highest BCUT2D eigenvalue weighted by atomic mass is 35.5. The Kier molecular flexibility index (Phi) is 3.27. The number of hydrogen-bond donors (Lipinski definition) is 0. The molecule has 1 aliphatic rings. The number of aromatic nitrogens is 3. The quantitative estimate of drug-likeness (QED) is 0.789. The van der Waals surface area contributed by atoms with E-state index in [9.17, 15) is 0 Å². The van der Waals surface area contributed by atoms with Gasteiger partial charge in [-0.25, -0.2) is 9.97 Å². The van der Waals surface area contributed by atoms with Crippen LogP contribution in [0.15, 0.2) is 18.5 Å². The number of pyridine rings is 1. The molecular weight excluding hydrogens is 269 g/mol. The summed E-state index contributed by atoms with van der Waals surface area (Å²) in [4.78, 5) is 8.75. The van der Waals surface area contributed by atoms with E-state index in [2.05, 4.69) is 14.5 Å². The van der Waals surface area contributed by atoms with Gasteiger partial charge in [-0.1, -0.05) is 23.2 Å². The van der Waals surface area contributed by atoms with Crippen molar-refractivity contribution in [2.24, 2.45) is 0 Å². The lowest BCUT2D eigenvalue weighted by Gasteiger charge is -2.14. The SMILES string of the molecule is Clc1ccc(Cl)c(Cn2cnc3c2CCCC3)n1. The zero-order chi connectivity index (χ0) is 12.5. The van der Waals surface area contributed by atoms with Gasteiger partial charge in [0.1, 0.15) is 5.15 Å². The molecule has 0 bridgehead atoms. The molecule has 0 atom stereocenters. The molecule has 0 unspecified atom stereocenters. The van der Waals surface area contributed by atoms with Crippen LogP contribution in [0.25, 0.3) is 0 Å². The van der Waals surface area contributed by atoms with Crippen LogP contribution in [0.4, 0.5) is 0 Å². The van der Waals surface area contributed by atoms with Crippen LogP contribution >= 0.6 is 23.2 Å². The molecule has 0 radical (unpaired) electrons. The maximum Gasteiger partial charge on any atom is 0.129 e. The van der Waals surface area contributed by atoms with E-state index in [0.717, 1.165) is 18.5 Å². The fourth-order valence-electron chi connectivity index (χ4n) is 2.40. The summed E-state index contributed by atoms with van der Waals surface area (Å²) in [6.07, 6.45) is 6.52. The first-order chi connectivity index (χ1) is 8.74. The Morgan fingerprint density at radius 3 is 2.89 bits per heavy atom. The van der Waals surface area contributed by atoms with Crippen LogP contribution in [0.5, 0.6) is 0 Å². The molecule has 2 aromatic rings. The van der Waals surface area contributed by atoms with Crippen LogP contribution in [0.2, 0.25) is 10.2 Å². The minimum Gasteiger partial charge on any atom is -0.328 e. The van der Waals surface area contributed by atoms with Crippen LogP contribution in [-0.4, -0.2) is 14.5 Å². The minimum absolute atomic E-state index is 0.475. The molecule has 1 aliphatic carbocycles. The lowest BCUT2D eigenvalue weighted by Crippen LogP contribution is -2.10. The number of halogens is 2. The third-order valence-electron chi connectivity index (χ3n) is 3.31. The predicted molar refractivity (Wildman–Crippen MR) is 72.2 cm³/mol. The average Bonchev–Trinajstić information content (AvgIpc) is 2.78. The van der Waals surface area contributed by atoms with Gasteiger partial charge in [0.2, 0.25) is 0 Å². The van der Waals surface area contributed by atoms with Gasteiger partial charge in [-0.05, 0) is 37.8 Å². The van der Waals surface area contributed by atoms with E-state index in [0.29, 0.717) is 16.7 Å². The van der Waals surface area contributed by atoms with Crippen molar-refractivity contribution in [2.75, 3.05) is 0 Å². The second-order valence-corrected chi connectivity index (χ2v) is 5.33. The number of fused-ring (bicyclic) bond motifs is 1. The summed E-state index contributed by atoms with van der Waals surface area (Å²) in [5, 5.41) is 1.13. The summed E-state index contributed by atoms with van der Waals surface area (Å²) in [5.41, 5.74) is 3.34. The first kappa shape index (κ1) is 12.0. The molecule has 0 N–H and O–H groups in total. The van der Waals surface area contributed by atoms with Crippen LogP contribution in [0.1, 0.15) is 29.9 Å². The molecule has 0 fully saturated rings. The van der Waals surface area contributed by atoms with E-state index in [4.69, 9.17) is 23.2 Å². The van der Waals surface area contributed by atoms with Crippen molar-refractivity contribution in [1.29, 1.82) is 0 Å². The molecule has 0 amide bonds. The normalized spacial score (nSPS) is 14.6. The van der Waals surface area contributed by atoms with E-state index in [-0.39, 0.29) is 0 Å². The molecule has 2 aromatic heterocycles. The summed E-state index contributed by atoms with van der Waals surface area (Å²) in [6, 6.07) is 3.49. The lowest BCUT2D eigenvalue weighted by atomic mass is 10.0. The molecule has 18 heavy (non-hydrogen) atoms. The third kappa shape index (κ3) is 2.25. The van der Waals surface area contributed by atoms with Crippen LogP contribution in [0.3, 0.4) is 0 Å². The van der Waals surface area contributed by atoms with Crippen molar-refractivity contribution in [2.45, 2.75) is 32.2 Å². The molecule has 0 aromatic carbocycles. The summed E-state index contributed by atoms with van der Waals surface area (Å²) < 4.78 is 2.14. The molecule has 5 heteroatoms. The van der Waals surface area contributed by atoms with Crippen molar-refractivity contribution in [3.05, 3.63) is 45.7 Å². The average molecular weight is 282 g/mol. The van der Waals surface area contributed by atoms with Crippen LogP contribution in [0, 0.1) is 0 Å². The standard InChI is InChI=1S/C13H13Cl2N3/c14-9-5-6-13(15)17-11(9)7-18-8-16-10-3-1-2-4-12(10)18/h5-6,8H,1-4,7H2. The molecule has 94 valence electrons. The summed E-state index contributed by atoms with van der Waals surface area (Å²) >= 11 is 12.0. The minimum atomic E-state index is 0.475. The van der Waals surface area contributed by atoms with Crippen molar-refractivity contribution >= 4 is 23.2 Å². The van der Waals surface area contributed by atoms with E-state index < -0.39 is 0 Å². The zero-order valence-corrected chi connectivity index (χ0v) is 11.4. The summed E-state index contributed by atoms with van der Waals surface area (Å²) in [6.45, 7) is 0.641. The van der Waals surface area contributed by atoms with Gasteiger partial charge in [-0.3, -0.25) is 0 Å². The van der Waals surface area contributed by atoms with E-state index in [1.54, 1.807) is 12.1 Å². The molecule has 0 saturated carbocycles.